The van der Waals surface area contributed by atoms with Gasteiger partial charge in [-0.05, 0) is 30.7 Å². The SMILES string of the molecule is COc1ccccc1C(=O)N1CCC(n2cc(COc3ccccc3)nn2)C1. The third-order valence-corrected chi connectivity index (χ3v) is 4.85. The molecule has 0 radical (unpaired) electrons. The summed E-state index contributed by atoms with van der Waals surface area (Å²) in [4.78, 5) is 14.7. The second-order valence-corrected chi connectivity index (χ2v) is 6.69. The van der Waals surface area contributed by atoms with Crippen molar-refractivity contribution < 1.29 is 14.3 Å². The largest absolute Gasteiger partial charge is 0.496 e. The fourth-order valence-electron chi connectivity index (χ4n) is 3.37. The van der Waals surface area contributed by atoms with E-state index in [1.54, 1.807) is 19.2 Å². The lowest BCUT2D eigenvalue weighted by molar-refractivity contribution is 0.0783. The molecule has 1 amide bonds. The Morgan fingerprint density at radius 1 is 1.14 bits per heavy atom. The number of nitrogens with zero attached hydrogens (tertiary/aromatic N) is 4. The normalized spacial score (nSPS) is 16.2. The molecule has 0 aliphatic carbocycles. The molecule has 2 aromatic carbocycles. The standard InChI is InChI=1S/C21H22N4O3/c1-27-20-10-6-5-9-19(20)21(26)24-12-11-17(14-24)25-13-16(22-23-25)15-28-18-7-3-2-4-8-18/h2-10,13,17H,11-12,14-15H2,1H3. The molecule has 1 unspecified atom stereocenters. The Balaban J connectivity index is 1.38. The van der Waals surface area contributed by atoms with E-state index in [0.717, 1.165) is 17.9 Å². The minimum atomic E-state index is -0.0206. The molecule has 7 heteroatoms. The highest BCUT2D eigenvalue weighted by Crippen LogP contribution is 2.26. The van der Waals surface area contributed by atoms with Gasteiger partial charge in [0.2, 0.25) is 0 Å². The number of benzene rings is 2. The molecule has 0 spiro atoms. The van der Waals surface area contributed by atoms with Gasteiger partial charge in [-0.15, -0.1) is 5.10 Å². The van der Waals surface area contributed by atoms with Crippen molar-refractivity contribution in [3.8, 4) is 11.5 Å². The first kappa shape index (κ1) is 18.0. The van der Waals surface area contributed by atoms with Crippen LogP contribution in [-0.2, 0) is 6.61 Å². The smallest absolute Gasteiger partial charge is 0.257 e. The van der Waals surface area contributed by atoms with E-state index in [1.165, 1.54) is 0 Å². The van der Waals surface area contributed by atoms with Crippen molar-refractivity contribution in [3.05, 3.63) is 72.1 Å². The molecule has 0 N–H and O–H groups in total. The molecular weight excluding hydrogens is 356 g/mol. The molecule has 28 heavy (non-hydrogen) atoms. The number of hydrogen-bond donors (Lipinski definition) is 0. The van der Waals surface area contributed by atoms with E-state index in [9.17, 15) is 4.79 Å². The molecule has 1 atom stereocenters. The molecule has 144 valence electrons. The van der Waals surface area contributed by atoms with Gasteiger partial charge in [0.25, 0.3) is 5.91 Å². The number of carbonyl (C=O) groups excluding carboxylic acids is 1. The fourth-order valence-corrected chi connectivity index (χ4v) is 3.37. The van der Waals surface area contributed by atoms with E-state index in [0.29, 0.717) is 31.0 Å². The monoisotopic (exact) mass is 378 g/mol. The number of ether oxygens (including phenoxy) is 2. The van der Waals surface area contributed by atoms with Crippen LogP contribution in [0.1, 0.15) is 28.5 Å². The van der Waals surface area contributed by atoms with Crippen molar-refractivity contribution in [3.63, 3.8) is 0 Å². The van der Waals surface area contributed by atoms with Crippen LogP contribution in [0.2, 0.25) is 0 Å². The van der Waals surface area contributed by atoms with Crippen LogP contribution >= 0.6 is 0 Å². The number of amides is 1. The third-order valence-electron chi connectivity index (χ3n) is 4.85. The summed E-state index contributed by atoms with van der Waals surface area (Å²) in [5, 5.41) is 8.43. The van der Waals surface area contributed by atoms with Crippen LogP contribution < -0.4 is 9.47 Å². The van der Waals surface area contributed by atoms with Crippen LogP contribution in [0.25, 0.3) is 0 Å². The Morgan fingerprint density at radius 3 is 2.75 bits per heavy atom. The van der Waals surface area contributed by atoms with Gasteiger partial charge >= 0.3 is 0 Å². The third kappa shape index (κ3) is 3.83. The number of likely N-dealkylation sites (tertiary alicyclic amines) is 1. The quantitative estimate of drug-likeness (QED) is 0.660. The molecule has 0 saturated carbocycles. The lowest BCUT2D eigenvalue weighted by atomic mass is 10.2. The number of methoxy groups -OCH3 is 1. The first-order valence-electron chi connectivity index (χ1n) is 9.25. The lowest BCUT2D eigenvalue weighted by Crippen LogP contribution is -2.29. The number of carbonyl (C=O) groups is 1. The van der Waals surface area contributed by atoms with Crippen molar-refractivity contribution >= 4 is 5.91 Å². The summed E-state index contributed by atoms with van der Waals surface area (Å²) in [5.41, 5.74) is 1.35. The van der Waals surface area contributed by atoms with Crippen molar-refractivity contribution in [2.75, 3.05) is 20.2 Å². The van der Waals surface area contributed by atoms with Crippen LogP contribution in [0.3, 0.4) is 0 Å². The number of aromatic nitrogens is 3. The maximum absolute atomic E-state index is 12.8. The minimum Gasteiger partial charge on any atom is -0.496 e. The molecule has 1 aliphatic rings. The second kappa shape index (κ2) is 8.12. The van der Waals surface area contributed by atoms with Crippen LogP contribution in [0, 0.1) is 0 Å². The summed E-state index contributed by atoms with van der Waals surface area (Å²) < 4.78 is 12.9. The zero-order valence-corrected chi connectivity index (χ0v) is 15.7. The van der Waals surface area contributed by atoms with Gasteiger partial charge < -0.3 is 14.4 Å². The summed E-state index contributed by atoms with van der Waals surface area (Å²) in [5.74, 6) is 1.37. The average molecular weight is 378 g/mol. The minimum absolute atomic E-state index is 0.0206. The van der Waals surface area contributed by atoms with Gasteiger partial charge in [-0.1, -0.05) is 35.5 Å². The number of rotatable bonds is 6. The zero-order chi connectivity index (χ0) is 19.3. The van der Waals surface area contributed by atoms with Gasteiger partial charge in [-0.3, -0.25) is 4.79 Å². The Labute approximate surface area is 163 Å². The van der Waals surface area contributed by atoms with Crippen LogP contribution in [-0.4, -0.2) is 46.0 Å². The summed E-state index contributed by atoms with van der Waals surface area (Å²) in [6.45, 7) is 1.64. The second-order valence-electron chi connectivity index (χ2n) is 6.69. The summed E-state index contributed by atoms with van der Waals surface area (Å²) >= 11 is 0. The Morgan fingerprint density at radius 2 is 1.93 bits per heavy atom. The Hall–Kier alpha value is -3.35. The van der Waals surface area contributed by atoms with E-state index in [4.69, 9.17) is 9.47 Å². The van der Waals surface area contributed by atoms with Crippen molar-refractivity contribution in [1.29, 1.82) is 0 Å². The first-order chi connectivity index (χ1) is 13.7. The summed E-state index contributed by atoms with van der Waals surface area (Å²) in [7, 11) is 1.58. The van der Waals surface area contributed by atoms with Gasteiger partial charge in [0.15, 0.2) is 0 Å². The fraction of sp³-hybridized carbons (Fsp3) is 0.286. The topological polar surface area (TPSA) is 69.5 Å². The molecule has 1 fully saturated rings. The predicted molar refractivity (Wildman–Crippen MR) is 103 cm³/mol. The van der Waals surface area contributed by atoms with Gasteiger partial charge in [0, 0.05) is 13.1 Å². The molecule has 0 bridgehead atoms. The van der Waals surface area contributed by atoms with Crippen LogP contribution in [0.15, 0.2) is 60.8 Å². The van der Waals surface area contributed by atoms with E-state index in [1.807, 2.05) is 58.2 Å². The molecule has 7 nitrogen and oxygen atoms in total. The van der Waals surface area contributed by atoms with Gasteiger partial charge in [0.05, 0.1) is 24.9 Å². The van der Waals surface area contributed by atoms with Crippen LogP contribution in [0.4, 0.5) is 0 Å². The van der Waals surface area contributed by atoms with Crippen molar-refractivity contribution in [1.82, 2.24) is 19.9 Å². The average Bonchev–Trinajstić information content (AvgIpc) is 3.42. The molecule has 4 rings (SSSR count). The van der Waals surface area contributed by atoms with Crippen molar-refractivity contribution in [2.24, 2.45) is 0 Å². The molecule has 1 saturated heterocycles. The zero-order valence-electron chi connectivity index (χ0n) is 15.7. The molecular formula is C21H22N4O3. The Kier molecular flexibility index (Phi) is 5.23. The lowest BCUT2D eigenvalue weighted by Gasteiger charge is -2.18. The van der Waals surface area contributed by atoms with Gasteiger partial charge in [-0.2, -0.15) is 0 Å². The number of para-hydroxylation sites is 2. The van der Waals surface area contributed by atoms with E-state index in [2.05, 4.69) is 10.3 Å². The highest BCUT2D eigenvalue weighted by molar-refractivity contribution is 5.97. The summed E-state index contributed by atoms with van der Waals surface area (Å²) in [6.07, 6.45) is 2.73. The summed E-state index contributed by atoms with van der Waals surface area (Å²) in [6, 6.07) is 17.0. The van der Waals surface area contributed by atoms with E-state index in [-0.39, 0.29) is 11.9 Å². The van der Waals surface area contributed by atoms with Crippen molar-refractivity contribution in [2.45, 2.75) is 19.1 Å². The van der Waals surface area contributed by atoms with E-state index < -0.39 is 0 Å². The predicted octanol–water partition coefficient (Wildman–Crippen LogP) is 2.95. The molecule has 1 aliphatic heterocycles. The Bertz CT molecular complexity index is 942. The van der Waals surface area contributed by atoms with E-state index >= 15 is 0 Å². The highest BCUT2D eigenvalue weighted by Gasteiger charge is 2.30. The maximum Gasteiger partial charge on any atom is 0.257 e. The highest BCUT2D eigenvalue weighted by atomic mass is 16.5. The van der Waals surface area contributed by atoms with Gasteiger partial charge in [-0.25, -0.2) is 4.68 Å². The van der Waals surface area contributed by atoms with Gasteiger partial charge in [0.1, 0.15) is 23.8 Å². The maximum atomic E-state index is 12.8. The number of hydrogen-bond acceptors (Lipinski definition) is 5. The first-order valence-corrected chi connectivity index (χ1v) is 9.25. The molecule has 3 aromatic rings. The molecule has 2 heterocycles. The molecule has 1 aromatic heterocycles. The van der Waals surface area contributed by atoms with Crippen LogP contribution in [0.5, 0.6) is 11.5 Å².